The van der Waals surface area contributed by atoms with E-state index in [4.69, 9.17) is 17.3 Å². The first-order valence-corrected chi connectivity index (χ1v) is 6.21. The first kappa shape index (κ1) is 13.5. The van der Waals surface area contributed by atoms with E-state index in [1.54, 1.807) is 18.2 Å². The number of nitrogens with one attached hydrogen (secondary N) is 1. The average molecular weight is 306 g/mol. The molecule has 0 heterocycles. The number of hydrogen-bond acceptors (Lipinski definition) is 2. The summed E-state index contributed by atoms with van der Waals surface area (Å²) in [6, 6.07) is 5.07. The largest absolute Gasteiger partial charge is 0.348 e. The maximum Gasteiger partial charge on any atom is 0.252 e. The maximum absolute atomic E-state index is 11.9. The Morgan fingerprint density at radius 2 is 2.31 bits per heavy atom. The molecule has 0 aliphatic carbocycles. The molecule has 1 atom stereocenters. The molecule has 1 unspecified atom stereocenters. The van der Waals surface area contributed by atoms with Gasteiger partial charge in [-0.2, -0.15) is 0 Å². The minimum absolute atomic E-state index is 0.00933. The van der Waals surface area contributed by atoms with E-state index in [0.717, 1.165) is 6.42 Å². The predicted molar refractivity (Wildman–Crippen MR) is 69.8 cm³/mol. The van der Waals surface area contributed by atoms with Gasteiger partial charge in [0.1, 0.15) is 0 Å². The number of amides is 1. The van der Waals surface area contributed by atoms with Crippen LogP contribution in [-0.2, 0) is 0 Å². The van der Waals surface area contributed by atoms with E-state index in [-0.39, 0.29) is 11.9 Å². The van der Waals surface area contributed by atoms with Crippen LogP contribution in [0.25, 0.3) is 0 Å². The van der Waals surface area contributed by atoms with Gasteiger partial charge >= 0.3 is 0 Å². The molecule has 1 amide bonds. The number of carbonyl (C=O) groups is 1. The van der Waals surface area contributed by atoms with Crippen LogP contribution in [0.15, 0.2) is 22.7 Å². The monoisotopic (exact) mass is 304 g/mol. The molecule has 16 heavy (non-hydrogen) atoms. The molecule has 88 valence electrons. The molecule has 3 N–H and O–H groups in total. The van der Waals surface area contributed by atoms with Crippen molar-refractivity contribution in [2.75, 3.05) is 6.54 Å². The van der Waals surface area contributed by atoms with Crippen molar-refractivity contribution in [1.82, 2.24) is 5.32 Å². The molecule has 0 fully saturated rings. The van der Waals surface area contributed by atoms with Gasteiger partial charge in [0, 0.05) is 22.1 Å². The smallest absolute Gasteiger partial charge is 0.252 e. The summed E-state index contributed by atoms with van der Waals surface area (Å²) in [5, 5.41) is 3.45. The Hall–Kier alpha value is -0.580. The van der Waals surface area contributed by atoms with Crippen LogP contribution in [0, 0.1) is 0 Å². The standard InChI is InChI=1S/C11H14BrClN2O/c1-2-8(6-14)15-11(16)9-4-3-7(13)5-10(9)12/h3-5,8H,2,6,14H2,1H3,(H,15,16). The van der Waals surface area contributed by atoms with Gasteiger partial charge < -0.3 is 11.1 Å². The van der Waals surface area contributed by atoms with Gasteiger partial charge in [-0.3, -0.25) is 4.79 Å². The predicted octanol–water partition coefficient (Wildman–Crippen LogP) is 2.57. The second-order valence-corrected chi connectivity index (χ2v) is 4.73. The molecule has 0 saturated carbocycles. The molecular formula is C11H14BrClN2O. The summed E-state index contributed by atoms with van der Waals surface area (Å²) < 4.78 is 0.685. The molecule has 0 aromatic heterocycles. The molecule has 0 aliphatic heterocycles. The van der Waals surface area contributed by atoms with Gasteiger partial charge in [0.05, 0.1) is 5.56 Å². The average Bonchev–Trinajstić information content (AvgIpc) is 2.25. The summed E-state index contributed by atoms with van der Waals surface area (Å²) in [5.41, 5.74) is 6.09. The summed E-state index contributed by atoms with van der Waals surface area (Å²) in [4.78, 5) is 11.9. The van der Waals surface area contributed by atoms with Gasteiger partial charge in [0.2, 0.25) is 0 Å². The third-order valence-electron chi connectivity index (χ3n) is 2.29. The number of hydrogen-bond donors (Lipinski definition) is 2. The Bertz CT molecular complexity index is 380. The molecule has 3 nitrogen and oxygen atoms in total. The van der Waals surface area contributed by atoms with Crippen molar-refractivity contribution < 1.29 is 4.79 Å². The number of rotatable bonds is 4. The van der Waals surface area contributed by atoms with Crippen molar-refractivity contribution in [3.05, 3.63) is 33.3 Å². The lowest BCUT2D eigenvalue weighted by Crippen LogP contribution is -2.39. The summed E-state index contributed by atoms with van der Waals surface area (Å²) in [6.07, 6.45) is 0.813. The number of carbonyl (C=O) groups excluding carboxylic acids is 1. The van der Waals surface area contributed by atoms with E-state index < -0.39 is 0 Å². The number of benzene rings is 1. The second kappa shape index (κ2) is 6.23. The van der Waals surface area contributed by atoms with Gasteiger partial charge in [-0.25, -0.2) is 0 Å². The summed E-state index contributed by atoms with van der Waals surface area (Å²) in [7, 11) is 0. The van der Waals surface area contributed by atoms with Crippen LogP contribution in [0.1, 0.15) is 23.7 Å². The Kier molecular flexibility index (Phi) is 5.25. The van der Waals surface area contributed by atoms with Crippen LogP contribution >= 0.6 is 27.5 Å². The SMILES string of the molecule is CCC(CN)NC(=O)c1ccc(Cl)cc1Br. The minimum atomic E-state index is -0.138. The van der Waals surface area contributed by atoms with Gasteiger partial charge in [0.25, 0.3) is 5.91 Å². The number of nitrogens with two attached hydrogens (primary N) is 1. The Morgan fingerprint density at radius 1 is 1.62 bits per heavy atom. The van der Waals surface area contributed by atoms with Gasteiger partial charge in [0.15, 0.2) is 0 Å². The van der Waals surface area contributed by atoms with E-state index in [0.29, 0.717) is 21.6 Å². The molecule has 1 aromatic carbocycles. The van der Waals surface area contributed by atoms with Crippen molar-refractivity contribution in [2.24, 2.45) is 5.73 Å². The van der Waals surface area contributed by atoms with Crippen LogP contribution in [0.4, 0.5) is 0 Å². The molecule has 0 saturated heterocycles. The van der Waals surface area contributed by atoms with Gasteiger partial charge in [-0.1, -0.05) is 18.5 Å². The lowest BCUT2D eigenvalue weighted by atomic mass is 10.1. The Labute approximate surface area is 108 Å². The molecule has 1 rings (SSSR count). The van der Waals surface area contributed by atoms with Crippen LogP contribution in [0.3, 0.4) is 0 Å². The zero-order valence-electron chi connectivity index (χ0n) is 8.97. The zero-order chi connectivity index (χ0) is 12.1. The van der Waals surface area contributed by atoms with Crippen molar-refractivity contribution in [1.29, 1.82) is 0 Å². The second-order valence-electron chi connectivity index (χ2n) is 3.44. The van der Waals surface area contributed by atoms with Crippen LogP contribution < -0.4 is 11.1 Å². The van der Waals surface area contributed by atoms with E-state index in [1.807, 2.05) is 6.92 Å². The van der Waals surface area contributed by atoms with E-state index in [1.165, 1.54) is 0 Å². The first-order chi connectivity index (χ1) is 7.58. The third kappa shape index (κ3) is 3.47. The van der Waals surface area contributed by atoms with E-state index >= 15 is 0 Å². The highest BCUT2D eigenvalue weighted by molar-refractivity contribution is 9.10. The minimum Gasteiger partial charge on any atom is -0.348 e. The van der Waals surface area contributed by atoms with E-state index in [9.17, 15) is 4.79 Å². The van der Waals surface area contributed by atoms with Gasteiger partial charge in [-0.05, 0) is 40.5 Å². The van der Waals surface area contributed by atoms with E-state index in [2.05, 4.69) is 21.2 Å². The quantitative estimate of drug-likeness (QED) is 0.898. The summed E-state index contributed by atoms with van der Waals surface area (Å²) in [5.74, 6) is -0.138. The fraction of sp³-hybridized carbons (Fsp3) is 0.364. The van der Waals surface area contributed by atoms with Crippen molar-refractivity contribution >= 4 is 33.4 Å². The van der Waals surface area contributed by atoms with Gasteiger partial charge in [-0.15, -0.1) is 0 Å². The molecule has 0 radical (unpaired) electrons. The first-order valence-electron chi connectivity index (χ1n) is 5.04. The molecule has 0 aliphatic rings. The van der Waals surface area contributed by atoms with Crippen LogP contribution in [0.2, 0.25) is 5.02 Å². The molecule has 5 heteroatoms. The third-order valence-corrected chi connectivity index (χ3v) is 3.18. The maximum atomic E-state index is 11.9. The Balaban J connectivity index is 2.80. The fourth-order valence-corrected chi connectivity index (χ4v) is 2.13. The fourth-order valence-electron chi connectivity index (χ4n) is 1.26. The topological polar surface area (TPSA) is 55.1 Å². The molecule has 0 spiro atoms. The molecular weight excluding hydrogens is 291 g/mol. The van der Waals surface area contributed by atoms with Crippen molar-refractivity contribution in [3.63, 3.8) is 0 Å². The Morgan fingerprint density at radius 3 is 2.81 bits per heavy atom. The number of halogens is 2. The lowest BCUT2D eigenvalue weighted by Gasteiger charge is -2.15. The van der Waals surface area contributed by atoms with Crippen LogP contribution in [-0.4, -0.2) is 18.5 Å². The molecule has 1 aromatic rings. The zero-order valence-corrected chi connectivity index (χ0v) is 11.3. The normalized spacial score (nSPS) is 12.2. The summed E-state index contributed by atoms with van der Waals surface area (Å²) >= 11 is 9.11. The lowest BCUT2D eigenvalue weighted by molar-refractivity contribution is 0.0936. The highest BCUT2D eigenvalue weighted by Gasteiger charge is 2.13. The van der Waals surface area contributed by atoms with Crippen molar-refractivity contribution in [3.8, 4) is 0 Å². The highest BCUT2D eigenvalue weighted by atomic mass is 79.9. The van der Waals surface area contributed by atoms with Crippen molar-refractivity contribution in [2.45, 2.75) is 19.4 Å². The molecule has 0 bridgehead atoms. The summed E-state index contributed by atoms with van der Waals surface area (Å²) in [6.45, 7) is 2.42. The highest BCUT2D eigenvalue weighted by Crippen LogP contribution is 2.21. The van der Waals surface area contributed by atoms with Crippen LogP contribution in [0.5, 0.6) is 0 Å².